The van der Waals surface area contributed by atoms with E-state index in [4.69, 9.17) is 4.74 Å². The van der Waals surface area contributed by atoms with Gasteiger partial charge in [-0.2, -0.15) is 0 Å². The van der Waals surface area contributed by atoms with E-state index in [2.05, 4.69) is 24.3 Å². The fraction of sp³-hybridized carbons (Fsp3) is 0.312. The fourth-order valence-corrected chi connectivity index (χ4v) is 5.26. The van der Waals surface area contributed by atoms with Crippen LogP contribution in [0.3, 0.4) is 0 Å². The van der Waals surface area contributed by atoms with E-state index in [9.17, 15) is 4.79 Å². The van der Waals surface area contributed by atoms with E-state index < -0.39 is 0 Å². The number of hydrogen-bond acceptors (Lipinski definition) is 4. The zero-order chi connectivity index (χ0) is 14.4. The Hall–Kier alpha value is -1.43. The van der Waals surface area contributed by atoms with Crippen LogP contribution in [0.15, 0.2) is 30.3 Å². The van der Waals surface area contributed by atoms with Crippen molar-refractivity contribution in [3.63, 3.8) is 0 Å². The van der Waals surface area contributed by atoms with Crippen LogP contribution in [-0.2, 0) is 4.74 Å². The van der Waals surface area contributed by atoms with Gasteiger partial charge in [0.15, 0.2) is 0 Å². The second-order valence-corrected chi connectivity index (χ2v) is 7.47. The molecule has 2 aromatic heterocycles. The molecule has 0 saturated carbocycles. The zero-order valence-electron chi connectivity index (χ0n) is 11.7. The number of morpholine rings is 1. The van der Waals surface area contributed by atoms with Crippen LogP contribution in [0.2, 0.25) is 0 Å². The third-order valence-corrected chi connectivity index (χ3v) is 6.19. The van der Waals surface area contributed by atoms with Crippen LogP contribution in [0.5, 0.6) is 0 Å². The number of amides is 1. The number of ether oxygens (including phenoxy) is 1. The summed E-state index contributed by atoms with van der Waals surface area (Å²) in [6.45, 7) is 4.02. The summed E-state index contributed by atoms with van der Waals surface area (Å²) < 4.78 is 9.25. The quantitative estimate of drug-likeness (QED) is 0.679. The number of fused-ring (bicyclic) bond motifs is 3. The number of carbonyl (C=O) groups excluding carboxylic acids is 1. The molecule has 21 heavy (non-hydrogen) atoms. The lowest BCUT2D eigenvalue weighted by Crippen LogP contribution is -2.44. The Morgan fingerprint density at radius 1 is 1.29 bits per heavy atom. The minimum absolute atomic E-state index is 0.129. The molecular formula is C16H15NO2S2. The van der Waals surface area contributed by atoms with E-state index in [0.29, 0.717) is 19.7 Å². The topological polar surface area (TPSA) is 29.5 Å². The van der Waals surface area contributed by atoms with Crippen LogP contribution in [-0.4, -0.2) is 36.6 Å². The maximum atomic E-state index is 12.6. The van der Waals surface area contributed by atoms with E-state index >= 15 is 0 Å². The summed E-state index contributed by atoms with van der Waals surface area (Å²) in [5.74, 6) is 0.141. The van der Waals surface area contributed by atoms with Crippen molar-refractivity contribution in [2.45, 2.75) is 13.0 Å². The SMILES string of the molecule is CC1CN(C(=O)c2cc3sc4ccccc4c3s2)CCO1. The second kappa shape index (κ2) is 5.09. The molecule has 1 aliphatic heterocycles. The predicted octanol–water partition coefficient (Wildman–Crippen LogP) is 3.98. The molecule has 0 radical (unpaired) electrons. The van der Waals surface area contributed by atoms with Crippen molar-refractivity contribution in [2.75, 3.05) is 19.7 Å². The molecule has 4 rings (SSSR count). The molecule has 0 aliphatic carbocycles. The highest BCUT2D eigenvalue weighted by Crippen LogP contribution is 2.39. The van der Waals surface area contributed by atoms with Crippen molar-refractivity contribution in [1.82, 2.24) is 4.90 Å². The molecule has 3 heterocycles. The van der Waals surface area contributed by atoms with Gasteiger partial charge in [0.25, 0.3) is 5.91 Å². The summed E-state index contributed by atoms with van der Waals surface area (Å²) in [6, 6.07) is 10.4. The number of benzene rings is 1. The van der Waals surface area contributed by atoms with Gasteiger partial charge < -0.3 is 9.64 Å². The third kappa shape index (κ3) is 2.25. The molecule has 1 atom stereocenters. The highest BCUT2D eigenvalue weighted by atomic mass is 32.1. The maximum Gasteiger partial charge on any atom is 0.264 e. The first kappa shape index (κ1) is 13.2. The number of thiophene rings is 2. The van der Waals surface area contributed by atoms with Gasteiger partial charge in [-0.15, -0.1) is 22.7 Å². The number of carbonyl (C=O) groups is 1. The lowest BCUT2D eigenvalue weighted by Gasteiger charge is -2.30. The molecule has 1 fully saturated rings. The molecule has 1 aromatic carbocycles. The Kier molecular flexibility index (Phi) is 3.21. The average molecular weight is 317 g/mol. The summed E-state index contributed by atoms with van der Waals surface area (Å²) in [4.78, 5) is 15.4. The smallest absolute Gasteiger partial charge is 0.264 e. The molecule has 0 N–H and O–H groups in total. The first-order chi connectivity index (χ1) is 10.2. The van der Waals surface area contributed by atoms with Crippen molar-refractivity contribution in [2.24, 2.45) is 0 Å². The fourth-order valence-electron chi connectivity index (χ4n) is 2.76. The van der Waals surface area contributed by atoms with Gasteiger partial charge >= 0.3 is 0 Å². The van der Waals surface area contributed by atoms with E-state index in [1.54, 1.807) is 22.7 Å². The Balaban J connectivity index is 1.71. The van der Waals surface area contributed by atoms with Crippen LogP contribution in [0.25, 0.3) is 19.5 Å². The van der Waals surface area contributed by atoms with Gasteiger partial charge in [0.2, 0.25) is 0 Å². The molecule has 5 heteroatoms. The summed E-state index contributed by atoms with van der Waals surface area (Å²) in [6.07, 6.45) is 0.129. The maximum absolute atomic E-state index is 12.6. The van der Waals surface area contributed by atoms with Crippen molar-refractivity contribution in [3.8, 4) is 0 Å². The van der Waals surface area contributed by atoms with Crippen LogP contribution in [0.4, 0.5) is 0 Å². The van der Waals surface area contributed by atoms with Gasteiger partial charge in [0.1, 0.15) is 0 Å². The first-order valence-corrected chi connectivity index (χ1v) is 8.67. The summed E-state index contributed by atoms with van der Waals surface area (Å²) >= 11 is 3.38. The summed E-state index contributed by atoms with van der Waals surface area (Å²) in [5, 5.41) is 1.26. The van der Waals surface area contributed by atoms with Crippen LogP contribution < -0.4 is 0 Å². The van der Waals surface area contributed by atoms with Gasteiger partial charge in [-0.05, 0) is 19.1 Å². The van der Waals surface area contributed by atoms with E-state index in [1.807, 2.05) is 17.9 Å². The van der Waals surface area contributed by atoms with Crippen molar-refractivity contribution >= 4 is 48.1 Å². The highest BCUT2D eigenvalue weighted by molar-refractivity contribution is 7.33. The molecule has 1 saturated heterocycles. The Bertz CT molecular complexity index is 820. The minimum Gasteiger partial charge on any atom is -0.375 e. The molecule has 3 nitrogen and oxygen atoms in total. The van der Waals surface area contributed by atoms with Gasteiger partial charge in [-0.1, -0.05) is 18.2 Å². The van der Waals surface area contributed by atoms with Crippen molar-refractivity contribution in [3.05, 3.63) is 35.2 Å². The lowest BCUT2D eigenvalue weighted by molar-refractivity contribution is -0.0122. The molecule has 0 bridgehead atoms. The highest BCUT2D eigenvalue weighted by Gasteiger charge is 2.24. The largest absolute Gasteiger partial charge is 0.375 e. The van der Waals surface area contributed by atoms with Gasteiger partial charge in [-0.3, -0.25) is 4.79 Å². The Labute approximate surface area is 130 Å². The molecule has 1 amide bonds. The van der Waals surface area contributed by atoms with Gasteiger partial charge in [-0.25, -0.2) is 0 Å². The molecule has 3 aromatic rings. The van der Waals surface area contributed by atoms with E-state index in [0.717, 1.165) is 4.88 Å². The molecule has 0 spiro atoms. The molecule has 1 aliphatic rings. The van der Waals surface area contributed by atoms with Gasteiger partial charge in [0.05, 0.1) is 22.3 Å². The van der Waals surface area contributed by atoms with Crippen LogP contribution in [0, 0.1) is 0 Å². The lowest BCUT2D eigenvalue weighted by atomic mass is 10.2. The molecule has 108 valence electrons. The minimum atomic E-state index is 0.129. The number of hydrogen-bond donors (Lipinski definition) is 0. The molecular weight excluding hydrogens is 302 g/mol. The van der Waals surface area contributed by atoms with E-state index in [1.165, 1.54) is 19.5 Å². The number of nitrogens with zero attached hydrogens (tertiary/aromatic N) is 1. The van der Waals surface area contributed by atoms with Gasteiger partial charge in [0, 0.05) is 27.9 Å². The van der Waals surface area contributed by atoms with E-state index in [-0.39, 0.29) is 12.0 Å². The first-order valence-electron chi connectivity index (χ1n) is 7.04. The monoisotopic (exact) mass is 317 g/mol. The molecule has 1 unspecified atom stereocenters. The summed E-state index contributed by atoms with van der Waals surface area (Å²) in [5.41, 5.74) is 0. The normalized spacial score (nSPS) is 19.5. The zero-order valence-corrected chi connectivity index (χ0v) is 13.3. The van der Waals surface area contributed by atoms with Crippen molar-refractivity contribution in [1.29, 1.82) is 0 Å². The third-order valence-electron chi connectivity index (χ3n) is 3.79. The Morgan fingerprint density at radius 2 is 2.14 bits per heavy atom. The average Bonchev–Trinajstić information content (AvgIpc) is 3.04. The predicted molar refractivity (Wildman–Crippen MR) is 88.5 cm³/mol. The second-order valence-electron chi connectivity index (χ2n) is 5.33. The number of rotatable bonds is 1. The van der Waals surface area contributed by atoms with Crippen molar-refractivity contribution < 1.29 is 9.53 Å². The van der Waals surface area contributed by atoms with Crippen LogP contribution >= 0.6 is 22.7 Å². The Morgan fingerprint density at radius 3 is 3.00 bits per heavy atom. The summed E-state index contributed by atoms with van der Waals surface area (Å²) in [7, 11) is 0. The standard InChI is InChI=1S/C16H15NO2S2/c1-10-9-17(6-7-19-10)16(18)14-8-13-15(21-14)11-4-2-3-5-12(11)20-13/h2-5,8,10H,6-7,9H2,1H3. The van der Waals surface area contributed by atoms with Crippen LogP contribution in [0.1, 0.15) is 16.6 Å².